The number of unbranched alkanes of at least 4 members (excludes halogenated alkanes) is 30. The van der Waals surface area contributed by atoms with E-state index in [4.69, 9.17) is 18.1 Å². The first kappa shape index (κ1) is 65.5. The quantitative estimate of drug-likeness (QED) is 0.0339. The molecule has 12 heteroatoms. The predicted octanol–water partition coefficient (Wildman–Crippen LogP) is 9.10. The summed E-state index contributed by atoms with van der Waals surface area (Å²) in [6.07, 6.45) is 42.4. The molecule has 0 saturated carbocycles. The second kappa shape index (κ2) is 50.5. The van der Waals surface area contributed by atoms with E-state index in [9.17, 15) is 18.9 Å². The van der Waals surface area contributed by atoms with Gasteiger partial charge in [-0.25, -0.2) is 0 Å². The minimum Gasteiger partial charge on any atom is -0.756 e. The summed E-state index contributed by atoms with van der Waals surface area (Å²) in [6.45, 7) is 12.3. The Morgan fingerprint density at radius 2 is 0.554 bits per heavy atom. The zero-order chi connectivity index (χ0) is 40.4. The van der Waals surface area contributed by atoms with Gasteiger partial charge >= 0.3 is 80.9 Å². The Morgan fingerprint density at radius 3 is 0.732 bits per heavy atom. The third-order valence-corrected chi connectivity index (χ3v) is 12.5. The maximum Gasteiger partial charge on any atom is 1.00 e. The summed E-state index contributed by atoms with van der Waals surface area (Å²) >= 11 is 0. The Labute approximate surface area is 414 Å². The largest absolute Gasteiger partial charge is 1.00 e. The summed E-state index contributed by atoms with van der Waals surface area (Å²) in [5.74, 6) is 0. The van der Waals surface area contributed by atoms with E-state index in [1.165, 1.54) is 167 Å². The average molecular weight is 873 g/mol. The Morgan fingerprint density at radius 1 is 0.375 bits per heavy atom. The van der Waals surface area contributed by atoms with Crippen LogP contribution in [-0.4, -0.2) is 25.4 Å². The molecule has 0 radical (unpaired) electrons. The molecular formula is C44H92KNaO8P2. The van der Waals surface area contributed by atoms with Gasteiger partial charge in [-0.3, -0.25) is 9.13 Å². The molecule has 0 aromatic carbocycles. The van der Waals surface area contributed by atoms with E-state index in [0.717, 1.165) is 38.5 Å². The number of hydrogen-bond acceptors (Lipinski definition) is 8. The molecule has 0 N–H and O–H groups in total. The molecule has 0 spiro atoms. The third-order valence-electron chi connectivity index (χ3n) is 10.3. The minimum absolute atomic E-state index is 0. The van der Waals surface area contributed by atoms with Crippen molar-refractivity contribution in [2.24, 2.45) is 0 Å². The molecule has 56 heavy (non-hydrogen) atoms. The molecule has 0 bridgehead atoms. The summed E-state index contributed by atoms with van der Waals surface area (Å²) in [5.41, 5.74) is 0. The van der Waals surface area contributed by atoms with E-state index in [1.807, 2.05) is 13.8 Å². The fourth-order valence-corrected chi connectivity index (χ4v) is 8.31. The van der Waals surface area contributed by atoms with Crippen molar-refractivity contribution in [3.8, 4) is 0 Å². The molecule has 0 aromatic rings. The number of phosphoric ester groups is 2. The van der Waals surface area contributed by atoms with E-state index in [-0.39, 0.29) is 106 Å². The van der Waals surface area contributed by atoms with Crippen molar-refractivity contribution >= 4 is 15.6 Å². The molecule has 4 atom stereocenters. The minimum atomic E-state index is -4.11. The Kier molecular flexibility index (Phi) is 59.0. The van der Waals surface area contributed by atoms with Crippen LogP contribution in [0.2, 0.25) is 0 Å². The molecule has 4 unspecified atom stereocenters. The molecule has 0 saturated heterocycles. The van der Waals surface area contributed by atoms with E-state index < -0.39 is 15.6 Å². The third kappa shape index (κ3) is 54.9. The maximum atomic E-state index is 11.5. The van der Waals surface area contributed by atoms with Crippen LogP contribution < -0.4 is 90.7 Å². The van der Waals surface area contributed by atoms with Gasteiger partial charge in [-0.15, -0.1) is 0 Å². The SMILES string of the molecule is CCCCCCCCCCCCCCCCCCOP(=O)([O-])OC(C)CC.CCCCCCCCCCCCCCCCCCOP(=O)([O-])OC(C)CC.[K+].[Na+]. The molecule has 0 fully saturated rings. The van der Waals surface area contributed by atoms with Crippen molar-refractivity contribution in [3.05, 3.63) is 0 Å². The molecule has 0 aliphatic carbocycles. The van der Waals surface area contributed by atoms with Gasteiger partial charge in [0.2, 0.25) is 0 Å². The summed E-state index contributed by atoms with van der Waals surface area (Å²) in [5, 5.41) is 0. The van der Waals surface area contributed by atoms with Crippen LogP contribution in [0.5, 0.6) is 0 Å². The standard InChI is InChI=1S/2C22H47O4P.K.Na/c2*1-4-6-7-8-9-10-11-12-13-14-15-16-17-18-19-20-21-25-27(23,24)26-22(3)5-2;;/h2*22H,4-21H2,1-3H3,(H,23,24);;/q;;2*+1/p-2. The van der Waals surface area contributed by atoms with Crippen LogP contribution in [-0.2, 0) is 27.2 Å². The molecule has 8 nitrogen and oxygen atoms in total. The molecule has 0 heterocycles. The Balaban J connectivity index is -0.000000466. The van der Waals surface area contributed by atoms with Gasteiger partial charge in [-0.2, -0.15) is 0 Å². The molecule has 328 valence electrons. The molecular weight excluding hydrogens is 781 g/mol. The topological polar surface area (TPSA) is 117 Å². The van der Waals surface area contributed by atoms with Crippen LogP contribution in [0.3, 0.4) is 0 Å². The van der Waals surface area contributed by atoms with Crippen molar-refractivity contribution in [1.82, 2.24) is 0 Å². The van der Waals surface area contributed by atoms with Gasteiger partial charge in [0.05, 0.1) is 25.4 Å². The summed E-state index contributed by atoms with van der Waals surface area (Å²) in [6, 6.07) is 0. The first-order chi connectivity index (χ1) is 26.0. The van der Waals surface area contributed by atoms with Crippen molar-refractivity contribution in [2.75, 3.05) is 13.2 Å². The van der Waals surface area contributed by atoms with Crippen LogP contribution in [0.1, 0.15) is 260 Å². The van der Waals surface area contributed by atoms with Crippen molar-refractivity contribution in [1.29, 1.82) is 0 Å². The zero-order valence-corrected chi connectivity index (χ0v) is 45.7. The van der Waals surface area contributed by atoms with Gasteiger partial charge < -0.3 is 27.9 Å². The number of phosphoric acid groups is 2. The molecule has 0 aliphatic rings. The fourth-order valence-electron chi connectivity index (χ4n) is 6.30. The first-order valence-corrected chi connectivity index (χ1v) is 26.2. The van der Waals surface area contributed by atoms with Crippen LogP contribution >= 0.6 is 15.6 Å². The van der Waals surface area contributed by atoms with E-state index in [0.29, 0.717) is 12.8 Å². The van der Waals surface area contributed by atoms with Gasteiger partial charge in [0.25, 0.3) is 15.6 Å². The Bertz CT molecular complexity index is 779. The molecule has 0 amide bonds. The van der Waals surface area contributed by atoms with Crippen LogP contribution in [0, 0.1) is 0 Å². The van der Waals surface area contributed by atoms with Crippen molar-refractivity contribution < 1.29 is 118 Å². The number of hydrogen-bond donors (Lipinski definition) is 0. The summed E-state index contributed by atoms with van der Waals surface area (Å²) < 4.78 is 42.7. The summed E-state index contributed by atoms with van der Waals surface area (Å²) in [4.78, 5) is 23.1. The second-order valence-corrected chi connectivity index (χ2v) is 18.5. The number of rotatable bonds is 42. The van der Waals surface area contributed by atoms with Gasteiger partial charge in [0.15, 0.2) is 0 Å². The van der Waals surface area contributed by atoms with Crippen molar-refractivity contribution in [3.63, 3.8) is 0 Å². The normalized spacial score (nSPS) is 14.4. The monoisotopic (exact) mass is 873 g/mol. The van der Waals surface area contributed by atoms with Crippen LogP contribution in [0.4, 0.5) is 0 Å². The van der Waals surface area contributed by atoms with E-state index in [2.05, 4.69) is 13.8 Å². The van der Waals surface area contributed by atoms with Gasteiger partial charge in [0, 0.05) is 0 Å². The van der Waals surface area contributed by atoms with E-state index in [1.54, 1.807) is 13.8 Å². The second-order valence-electron chi connectivity index (χ2n) is 15.8. The molecule has 0 aromatic heterocycles. The van der Waals surface area contributed by atoms with Gasteiger partial charge in [-0.05, 0) is 39.5 Å². The van der Waals surface area contributed by atoms with Crippen molar-refractivity contribution in [2.45, 2.75) is 272 Å². The predicted molar refractivity (Wildman–Crippen MR) is 228 cm³/mol. The molecule has 0 rings (SSSR count). The zero-order valence-electron chi connectivity index (χ0n) is 38.8. The molecule has 0 aliphatic heterocycles. The van der Waals surface area contributed by atoms with E-state index >= 15 is 0 Å². The van der Waals surface area contributed by atoms with Gasteiger partial charge in [0.1, 0.15) is 0 Å². The smallest absolute Gasteiger partial charge is 0.756 e. The fraction of sp³-hybridized carbons (Fsp3) is 1.00. The first-order valence-electron chi connectivity index (χ1n) is 23.3. The summed E-state index contributed by atoms with van der Waals surface area (Å²) in [7, 11) is -8.21. The van der Waals surface area contributed by atoms with Crippen LogP contribution in [0.15, 0.2) is 0 Å². The average Bonchev–Trinajstić information content (AvgIpc) is 3.13. The van der Waals surface area contributed by atoms with Crippen LogP contribution in [0.25, 0.3) is 0 Å². The Hall–Kier alpha value is 2.86. The van der Waals surface area contributed by atoms with Gasteiger partial charge in [-0.1, -0.05) is 220 Å². The maximum absolute atomic E-state index is 11.5.